The van der Waals surface area contributed by atoms with Gasteiger partial charge in [0.25, 0.3) is 6.01 Å². The van der Waals surface area contributed by atoms with Gasteiger partial charge >= 0.3 is 5.97 Å². The summed E-state index contributed by atoms with van der Waals surface area (Å²) in [7, 11) is 1.44. The first kappa shape index (κ1) is 12.0. The molecule has 2 heterocycles. The number of piperidine rings is 1. The van der Waals surface area contributed by atoms with Gasteiger partial charge in [-0.1, -0.05) is 12.1 Å². The molecule has 1 aromatic heterocycles. The fourth-order valence-electron chi connectivity index (χ4n) is 2.47. The van der Waals surface area contributed by atoms with E-state index in [0.29, 0.717) is 6.01 Å². The van der Waals surface area contributed by atoms with Gasteiger partial charge in [0.1, 0.15) is 5.52 Å². The molecule has 0 N–H and O–H groups in total. The molecule has 0 bridgehead atoms. The molecule has 0 saturated carbocycles. The van der Waals surface area contributed by atoms with Gasteiger partial charge in [0.2, 0.25) is 0 Å². The third-order valence-corrected chi connectivity index (χ3v) is 3.58. The molecule has 19 heavy (non-hydrogen) atoms. The summed E-state index contributed by atoms with van der Waals surface area (Å²) in [6.45, 7) is 1.54. The van der Waals surface area contributed by atoms with E-state index in [1.54, 1.807) is 0 Å². The number of carbonyl (C=O) groups excluding carboxylic acids is 1. The van der Waals surface area contributed by atoms with Crippen molar-refractivity contribution in [1.82, 2.24) is 4.98 Å². The summed E-state index contributed by atoms with van der Waals surface area (Å²) in [6.07, 6.45) is 1.57. The Labute approximate surface area is 111 Å². The first-order chi connectivity index (χ1) is 9.28. The van der Waals surface area contributed by atoms with Crippen molar-refractivity contribution in [3.8, 4) is 0 Å². The van der Waals surface area contributed by atoms with Crippen molar-refractivity contribution in [3.05, 3.63) is 24.3 Å². The summed E-state index contributed by atoms with van der Waals surface area (Å²) in [5.41, 5.74) is 1.67. The number of rotatable bonds is 2. The largest absolute Gasteiger partial charge is 0.469 e. The first-order valence-corrected chi connectivity index (χ1v) is 6.46. The smallest absolute Gasteiger partial charge is 0.308 e. The molecule has 1 fully saturated rings. The lowest BCUT2D eigenvalue weighted by Gasteiger charge is -2.29. The van der Waals surface area contributed by atoms with E-state index in [1.165, 1.54) is 7.11 Å². The molecule has 2 aromatic rings. The summed E-state index contributed by atoms with van der Waals surface area (Å²) >= 11 is 0. The van der Waals surface area contributed by atoms with Crippen LogP contribution in [0.15, 0.2) is 28.7 Å². The van der Waals surface area contributed by atoms with Crippen LogP contribution in [-0.2, 0) is 9.53 Å². The predicted octanol–water partition coefficient (Wildman–Crippen LogP) is 2.22. The molecular weight excluding hydrogens is 244 g/mol. The van der Waals surface area contributed by atoms with Crippen LogP contribution in [0, 0.1) is 5.92 Å². The molecule has 0 radical (unpaired) electrons. The van der Waals surface area contributed by atoms with Gasteiger partial charge in [0.05, 0.1) is 13.0 Å². The number of para-hydroxylation sites is 2. The van der Waals surface area contributed by atoms with Crippen molar-refractivity contribution in [2.45, 2.75) is 12.8 Å². The van der Waals surface area contributed by atoms with Crippen LogP contribution in [0.4, 0.5) is 6.01 Å². The van der Waals surface area contributed by atoms with Crippen LogP contribution in [0.2, 0.25) is 0 Å². The molecule has 1 saturated heterocycles. The number of ether oxygens (including phenoxy) is 1. The standard InChI is InChI=1S/C14H16N2O3/c1-18-13(17)10-6-8-16(9-7-10)14-15-11-4-2-3-5-12(11)19-14/h2-5,10H,6-9H2,1H3. The minimum atomic E-state index is -0.114. The van der Waals surface area contributed by atoms with Crippen LogP contribution < -0.4 is 4.90 Å². The Morgan fingerprint density at radius 3 is 2.79 bits per heavy atom. The van der Waals surface area contributed by atoms with Gasteiger partial charge in [-0.3, -0.25) is 4.79 Å². The monoisotopic (exact) mass is 260 g/mol. The van der Waals surface area contributed by atoms with Crippen molar-refractivity contribution in [2.75, 3.05) is 25.1 Å². The average Bonchev–Trinajstić information content (AvgIpc) is 2.90. The molecule has 5 heteroatoms. The Balaban J connectivity index is 1.72. The highest BCUT2D eigenvalue weighted by Crippen LogP contribution is 2.26. The summed E-state index contributed by atoms with van der Waals surface area (Å²) < 4.78 is 10.5. The highest BCUT2D eigenvalue weighted by Gasteiger charge is 2.27. The molecule has 100 valence electrons. The summed E-state index contributed by atoms with van der Waals surface area (Å²) in [5.74, 6) is -0.108. The Morgan fingerprint density at radius 2 is 2.11 bits per heavy atom. The van der Waals surface area contributed by atoms with Gasteiger partial charge in [-0.25, -0.2) is 0 Å². The van der Waals surface area contributed by atoms with Crippen molar-refractivity contribution in [1.29, 1.82) is 0 Å². The first-order valence-electron chi connectivity index (χ1n) is 6.46. The number of methoxy groups -OCH3 is 1. The highest BCUT2D eigenvalue weighted by molar-refractivity contribution is 5.75. The molecule has 0 aliphatic carbocycles. The van der Waals surface area contributed by atoms with Gasteiger partial charge in [0.15, 0.2) is 5.58 Å². The van der Waals surface area contributed by atoms with E-state index in [0.717, 1.165) is 37.0 Å². The Hall–Kier alpha value is -2.04. The molecule has 0 atom stereocenters. The number of anilines is 1. The van der Waals surface area contributed by atoms with Crippen LogP contribution in [0.5, 0.6) is 0 Å². The third kappa shape index (κ3) is 2.28. The molecule has 1 aliphatic rings. The number of fused-ring (bicyclic) bond motifs is 1. The van der Waals surface area contributed by atoms with E-state index in [9.17, 15) is 4.79 Å². The van der Waals surface area contributed by atoms with Crippen LogP contribution in [0.1, 0.15) is 12.8 Å². The van der Waals surface area contributed by atoms with Gasteiger partial charge in [-0.05, 0) is 25.0 Å². The summed E-state index contributed by atoms with van der Waals surface area (Å²) in [5, 5.41) is 0. The zero-order valence-corrected chi connectivity index (χ0v) is 10.8. The molecule has 3 rings (SSSR count). The lowest BCUT2D eigenvalue weighted by atomic mass is 9.97. The van der Waals surface area contributed by atoms with E-state index in [2.05, 4.69) is 9.88 Å². The van der Waals surface area contributed by atoms with Crippen LogP contribution in [0.25, 0.3) is 11.1 Å². The molecular formula is C14H16N2O3. The second-order valence-corrected chi connectivity index (χ2v) is 4.75. The fourth-order valence-corrected chi connectivity index (χ4v) is 2.47. The minimum absolute atomic E-state index is 0.00521. The predicted molar refractivity (Wildman–Crippen MR) is 71.0 cm³/mol. The zero-order valence-electron chi connectivity index (χ0n) is 10.8. The van der Waals surface area contributed by atoms with E-state index < -0.39 is 0 Å². The van der Waals surface area contributed by atoms with Gasteiger partial charge in [-0.15, -0.1) is 0 Å². The molecule has 5 nitrogen and oxygen atoms in total. The maximum Gasteiger partial charge on any atom is 0.308 e. The maximum atomic E-state index is 11.5. The Bertz CT molecular complexity index is 552. The summed E-state index contributed by atoms with van der Waals surface area (Å²) in [6, 6.07) is 8.36. The van der Waals surface area contributed by atoms with Crippen molar-refractivity contribution >= 4 is 23.1 Å². The summed E-state index contributed by atoms with van der Waals surface area (Å²) in [4.78, 5) is 18.0. The number of hydrogen-bond donors (Lipinski definition) is 0. The number of benzene rings is 1. The normalized spacial score (nSPS) is 16.8. The average molecular weight is 260 g/mol. The number of nitrogens with zero attached hydrogens (tertiary/aromatic N) is 2. The Kier molecular flexibility index (Phi) is 3.11. The second-order valence-electron chi connectivity index (χ2n) is 4.75. The third-order valence-electron chi connectivity index (χ3n) is 3.58. The number of aromatic nitrogens is 1. The number of hydrogen-bond acceptors (Lipinski definition) is 5. The number of esters is 1. The fraction of sp³-hybridized carbons (Fsp3) is 0.429. The van der Waals surface area contributed by atoms with E-state index in [-0.39, 0.29) is 11.9 Å². The van der Waals surface area contributed by atoms with Crippen molar-refractivity contribution < 1.29 is 13.9 Å². The van der Waals surface area contributed by atoms with E-state index >= 15 is 0 Å². The van der Waals surface area contributed by atoms with Crippen LogP contribution in [-0.4, -0.2) is 31.2 Å². The highest BCUT2D eigenvalue weighted by atomic mass is 16.5. The minimum Gasteiger partial charge on any atom is -0.469 e. The lowest BCUT2D eigenvalue weighted by Crippen LogP contribution is -2.36. The quantitative estimate of drug-likeness (QED) is 0.775. The number of oxazole rings is 1. The van der Waals surface area contributed by atoms with Gasteiger partial charge in [-0.2, -0.15) is 4.98 Å². The van der Waals surface area contributed by atoms with E-state index in [4.69, 9.17) is 9.15 Å². The van der Waals surface area contributed by atoms with Crippen molar-refractivity contribution in [3.63, 3.8) is 0 Å². The topological polar surface area (TPSA) is 55.6 Å². The van der Waals surface area contributed by atoms with E-state index in [1.807, 2.05) is 24.3 Å². The van der Waals surface area contributed by atoms with Gasteiger partial charge < -0.3 is 14.1 Å². The van der Waals surface area contributed by atoms with Crippen LogP contribution >= 0.6 is 0 Å². The maximum absolute atomic E-state index is 11.5. The molecule has 0 spiro atoms. The molecule has 0 amide bonds. The lowest BCUT2D eigenvalue weighted by molar-refractivity contribution is -0.146. The zero-order chi connectivity index (χ0) is 13.2. The van der Waals surface area contributed by atoms with Gasteiger partial charge in [0, 0.05) is 13.1 Å². The van der Waals surface area contributed by atoms with Crippen molar-refractivity contribution in [2.24, 2.45) is 5.92 Å². The SMILES string of the molecule is COC(=O)C1CCN(c2nc3ccccc3o2)CC1. The Morgan fingerprint density at radius 1 is 1.37 bits per heavy atom. The molecule has 1 aliphatic heterocycles. The number of carbonyl (C=O) groups is 1. The molecule has 0 unspecified atom stereocenters. The second kappa shape index (κ2) is 4.91. The molecule has 1 aromatic carbocycles. The van der Waals surface area contributed by atoms with Crippen LogP contribution in [0.3, 0.4) is 0 Å².